The van der Waals surface area contributed by atoms with Gasteiger partial charge in [-0.05, 0) is 52.6 Å². The SMILES string of the molecule is c1ccc(P(=Nc2ccc(-c3ccc(-c4cc(N=P(c5ccccc5)(c5ccccc5)c5ccccc5)cc(N=P(c5ccccc5)(c5ccccc5)c5ccccc5)c4)cc3)cc2)(c2ccccc2)c2ccccc2)cc1. The van der Waals surface area contributed by atoms with E-state index in [9.17, 15) is 0 Å². The van der Waals surface area contributed by atoms with Crippen molar-refractivity contribution in [2.24, 2.45) is 14.2 Å². The first-order valence-corrected chi connectivity index (χ1v) is 31.6. The number of rotatable bonds is 14. The van der Waals surface area contributed by atoms with E-state index in [-0.39, 0.29) is 0 Å². The second kappa shape index (κ2) is 22.9. The van der Waals surface area contributed by atoms with Crippen LogP contribution in [0.2, 0.25) is 0 Å². The maximum absolute atomic E-state index is 6.11. The Hall–Kier alpha value is -8.67. The molecular weight excluding hydrogens is 1000 g/mol. The highest BCUT2D eigenvalue weighted by Gasteiger charge is 2.31. The van der Waals surface area contributed by atoms with E-state index in [1.807, 2.05) is 0 Å². The summed E-state index contributed by atoms with van der Waals surface area (Å²) in [6, 6.07) is 122. The Kier molecular flexibility index (Phi) is 14.7. The molecule has 0 N–H and O–H groups in total. The molecule has 0 saturated carbocycles. The van der Waals surface area contributed by atoms with Crippen LogP contribution in [0.5, 0.6) is 0 Å². The average molecular weight is 1060 g/mol. The monoisotopic (exact) mass is 1060 g/mol. The molecule has 0 atom stereocenters. The smallest absolute Gasteiger partial charge is 0.0652 e. The summed E-state index contributed by atoms with van der Waals surface area (Å²) in [5.41, 5.74) is 7.04. The Labute approximate surface area is 459 Å². The van der Waals surface area contributed by atoms with Gasteiger partial charge >= 0.3 is 0 Å². The first kappa shape index (κ1) is 50.2. The van der Waals surface area contributed by atoms with Gasteiger partial charge in [0.15, 0.2) is 0 Å². The third-order valence-corrected chi connectivity index (χ3v) is 25.3. The third-order valence-electron chi connectivity index (χ3n) is 14.3. The number of hydrogen-bond acceptors (Lipinski definition) is 3. The molecule has 12 rings (SSSR count). The lowest BCUT2D eigenvalue weighted by Gasteiger charge is -2.28. The van der Waals surface area contributed by atoms with Gasteiger partial charge in [0.1, 0.15) is 0 Å². The summed E-state index contributed by atoms with van der Waals surface area (Å²) in [7, 11) is -7.76. The van der Waals surface area contributed by atoms with Gasteiger partial charge in [-0.1, -0.05) is 309 Å². The standard InChI is InChI=1S/C72H56N3P3/c1-10-28-64(29-11-1)76(65-30-12-2-13-31-65,66-32-14-3-15-33-66)73-61-52-50-58(51-53-61)57-46-48-59(49-47-57)60-54-62(74-77(67-34-16-4-17-35-67,68-36-18-5-19-37-68)69-38-20-6-21-39-69)56-63(55-60)75-78(70-40-22-7-23-41-70,71-42-24-8-25-43-71)72-44-26-9-27-45-72/h1-56H. The van der Waals surface area contributed by atoms with E-state index >= 15 is 0 Å². The van der Waals surface area contributed by atoms with Crippen molar-refractivity contribution in [1.29, 1.82) is 0 Å². The molecule has 12 aromatic carbocycles. The highest BCUT2D eigenvalue weighted by atomic mass is 31.2. The molecule has 0 amide bonds. The number of nitrogens with zero attached hydrogens (tertiary/aromatic N) is 3. The summed E-state index contributed by atoms with van der Waals surface area (Å²) in [6.07, 6.45) is 0. The number of benzene rings is 12. The molecule has 6 heteroatoms. The van der Waals surface area contributed by atoms with Crippen molar-refractivity contribution >= 4 is 86.0 Å². The molecule has 374 valence electrons. The highest BCUT2D eigenvalue weighted by molar-refractivity contribution is 7.88. The molecule has 0 heterocycles. The number of hydrogen-bond donors (Lipinski definition) is 0. The quantitative estimate of drug-likeness (QED) is 0.0974. The lowest BCUT2D eigenvalue weighted by molar-refractivity contribution is 1.48. The third kappa shape index (κ3) is 9.97. The summed E-state index contributed by atoms with van der Waals surface area (Å²) >= 11 is 0. The van der Waals surface area contributed by atoms with Gasteiger partial charge in [0.25, 0.3) is 0 Å². The molecule has 0 aliphatic heterocycles. The van der Waals surface area contributed by atoms with Crippen molar-refractivity contribution in [3.8, 4) is 22.3 Å². The van der Waals surface area contributed by atoms with E-state index in [2.05, 4.69) is 340 Å². The summed E-state index contributed by atoms with van der Waals surface area (Å²) < 4.78 is 18.0. The van der Waals surface area contributed by atoms with Crippen molar-refractivity contribution in [2.75, 3.05) is 0 Å². The molecule has 0 bridgehead atoms. The largest absolute Gasteiger partial charge is 0.254 e. The summed E-state index contributed by atoms with van der Waals surface area (Å²) in [5, 5.41) is 10.7. The molecule has 78 heavy (non-hydrogen) atoms. The highest BCUT2D eigenvalue weighted by Crippen LogP contribution is 2.54. The van der Waals surface area contributed by atoms with Gasteiger partial charge in [-0.2, -0.15) is 0 Å². The van der Waals surface area contributed by atoms with Gasteiger partial charge in [-0.25, -0.2) is 0 Å². The Morgan fingerprint density at radius 2 is 0.333 bits per heavy atom. The molecule has 0 saturated heterocycles. The van der Waals surface area contributed by atoms with Gasteiger partial charge in [-0.3, -0.25) is 14.2 Å². The van der Waals surface area contributed by atoms with Crippen LogP contribution in [-0.2, 0) is 0 Å². The molecule has 3 nitrogen and oxygen atoms in total. The summed E-state index contributed by atoms with van der Waals surface area (Å²) in [4.78, 5) is 0. The maximum Gasteiger partial charge on any atom is 0.0652 e. The fourth-order valence-electron chi connectivity index (χ4n) is 10.6. The van der Waals surface area contributed by atoms with E-state index in [0.29, 0.717) is 0 Å². The molecular formula is C72H56N3P3. The fourth-order valence-corrected chi connectivity index (χ4v) is 21.2. The lowest BCUT2D eigenvalue weighted by atomic mass is 9.99. The molecule has 0 aliphatic rings. The topological polar surface area (TPSA) is 37.1 Å². The zero-order valence-corrected chi connectivity index (χ0v) is 45.7. The van der Waals surface area contributed by atoms with Crippen molar-refractivity contribution in [2.45, 2.75) is 0 Å². The van der Waals surface area contributed by atoms with E-state index in [1.54, 1.807) is 0 Å². The Morgan fingerprint density at radius 3 is 0.551 bits per heavy atom. The maximum atomic E-state index is 6.11. The van der Waals surface area contributed by atoms with Crippen molar-refractivity contribution in [3.63, 3.8) is 0 Å². The van der Waals surface area contributed by atoms with Crippen LogP contribution in [0.25, 0.3) is 22.3 Å². The molecule has 0 radical (unpaired) electrons. The molecule has 12 aromatic rings. The van der Waals surface area contributed by atoms with Crippen LogP contribution in [0.3, 0.4) is 0 Å². The first-order chi connectivity index (χ1) is 38.6. The fraction of sp³-hybridized carbons (Fsp3) is 0. The second-order valence-corrected chi connectivity index (χ2v) is 28.1. The minimum Gasteiger partial charge on any atom is -0.254 e. The van der Waals surface area contributed by atoms with E-state index in [4.69, 9.17) is 14.2 Å². The van der Waals surface area contributed by atoms with Crippen LogP contribution in [-0.4, -0.2) is 0 Å². The molecule has 0 spiro atoms. The molecule has 0 aromatic heterocycles. The first-order valence-electron chi connectivity index (χ1n) is 26.4. The normalized spacial score (nSPS) is 11.6. The molecule has 0 unspecified atom stereocenters. The van der Waals surface area contributed by atoms with Gasteiger partial charge < -0.3 is 0 Å². The van der Waals surface area contributed by atoms with Gasteiger partial charge in [-0.15, -0.1) is 0 Å². The van der Waals surface area contributed by atoms with E-state index < -0.39 is 21.2 Å². The summed E-state index contributed by atoms with van der Waals surface area (Å²) in [5.74, 6) is 0. The van der Waals surface area contributed by atoms with Gasteiger partial charge in [0.05, 0.1) is 38.2 Å². The van der Waals surface area contributed by atoms with Crippen molar-refractivity contribution < 1.29 is 0 Å². The van der Waals surface area contributed by atoms with Crippen molar-refractivity contribution in [1.82, 2.24) is 0 Å². The van der Waals surface area contributed by atoms with Crippen LogP contribution in [0.4, 0.5) is 17.1 Å². The Balaban J connectivity index is 1.04. The predicted octanol–water partition coefficient (Wildman–Crippen LogP) is 16.4. The van der Waals surface area contributed by atoms with Crippen LogP contribution in [0, 0.1) is 0 Å². The predicted molar refractivity (Wildman–Crippen MR) is 339 cm³/mol. The minimum atomic E-state index is -2.66. The Bertz CT molecular complexity index is 3620. The van der Waals surface area contributed by atoms with E-state index in [0.717, 1.165) is 39.3 Å². The zero-order chi connectivity index (χ0) is 52.5. The van der Waals surface area contributed by atoms with Crippen LogP contribution in [0.15, 0.2) is 354 Å². The van der Waals surface area contributed by atoms with Crippen LogP contribution < -0.4 is 47.7 Å². The molecule has 0 fully saturated rings. The minimum absolute atomic E-state index is 0.868. The lowest BCUT2D eigenvalue weighted by Crippen LogP contribution is -2.25. The average Bonchev–Trinajstić information content (AvgIpc) is 3.61. The van der Waals surface area contributed by atoms with Gasteiger partial charge in [0, 0.05) is 47.7 Å². The zero-order valence-electron chi connectivity index (χ0n) is 43.0. The Morgan fingerprint density at radius 1 is 0.154 bits per heavy atom. The van der Waals surface area contributed by atoms with E-state index in [1.165, 1.54) is 47.7 Å². The summed E-state index contributed by atoms with van der Waals surface area (Å²) in [6.45, 7) is 0. The van der Waals surface area contributed by atoms with Crippen LogP contribution >= 0.6 is 21.2 Å². The van der Waals surface area contributed by atoms with Crippen LogP contribution in [0.1, 0.15) is 0 Å². The second-order valence-electron chi connectivity index (χ2n) is 19.1. The van der Waals surface area contributed by atoms with Gasteiger partial charge in [0.2, 0.25) is 0 Å². The molecule has 0 aliphatic carbocycles. The van der Waals surface area contributed by atoms with Crippen molar-refractivity contribution in [3.05, 3.63) is 340 Å².